The van der Waals surface area contributed by atoms with Crippen molar-refractivity contribution >= 4 is 60.6 Å². The third-order valence-electron chi connectivity index (χ3n) is 5.87. The molecule has 2 aromatic heterocycles. The van der Waals surface area contributed by atoms with E-state index < -0.39 is 0 Å². The fourth-order valence-corrected chi connectivity index (χ4v) is 5.71. The molecule has 30 heavy (non-hydrogen) atoms. The van der Waals surface area contributed by atoms with Crippen molar-refractivity contribution < 1.29 is 14.5 Å². The number of carbonyl (C=O) groups is 1. The van der Waals surface area contributed by atoms with Crippen molar-refractivity contribution in [1.82, 2.24) is 0 Å². The summed E-state index contributed by atoms with van der Waals surface area (Å²) in [5.41, 5.74) is 10.6. The maximum atomic E-state index is 13.0. The molecule has 3 heterocycles. The molecule has 4 N–H and O–H groups in total. The number of benzene rings is 1. The number of halogens is 1. The van der Waals surface area contributed by atoms with Gasteiger partial charge in [-0.05, 0) is 55.5 Å². The van der Waals surface area contributed by atoms with E-state index in [9.17, 15) is 4.79 Å². The molecule has 5 rings (SSSR count). The van der Waals surface area contributed by atoms with Gasteiger partial charge in [-0.1, -0.05) is 27.3 Å². The van der Waals surface area contributed by atoms with E-state index in [1.807, 2.05) is 24.3 Å². The van der Waals surface area contributed by atoms with Crippen LogP contribution < -0.4 is 20.9 Å². The van der Waals surface area contributed by atoms with Gasteiger partial charge in [-0.25, -0.2) is 4.98 Å². The SMILES string of the molecule is Nc1c(C(=O)Nc2ccc(Br)cc2)sc2[nH+]c(N3CCOCC3)c3c(c12)CCCC3. The molecule has 0 atom stereocenters. The molecule has 0 spiro atoms. The summed E-state index contributed by atoms with van der Waals surface area (Å²) in [6, 6.07) is 7.55. The number of amides is 1. The number of morpholine rings is 1. The van der Waals surface area contributed by atoms with Gasteiger partial charge in [-0.3, -0.25) is 9.69 Å². The van der Waals surface area contributed by atoms with Crippen molar-refractivity contribution in [3.63, 3.8) is 0 Å². The molecule has 1 aliphatic heterocycles. The molecule has 1 aliphatic carbocycles. The molecule has 1 aromatic carbocycles. The summed E-state index contributed by atoms with van der Waals surface area (Å²) >= 11 is 4.86. The highest BCUT2D eigenvalue weighted by Gasteiger charge is 2.31. The predicted molar refractivity (Wildman–Crippen MR) is 125 cm³/mol. The van der Waals surface area contributed by atoms with E-state index in [2.05, 4.69) is 31.1 Å². The Balaban J connectivity index is 1.57. The van der Waals surface area contributed by atoms with Gasteiger partial charge in [0.05, 0.1) is 24.3 Å². The number of rotatable bonds is 3. The number of aromatic amines is 1. The first-order valence-corrected chi connectivity index (χ1v) is 11.9. The Labute approximate surface area is 187 Å². The first kappa shape index (κ1) is 19.8. The van der Waals surface area contributed by atoms with Gasteiger partial charge in [-0.15, -0.1) is 0 Å². The molecule has 3 aromatic rings. The maximum absolute atomic E-state index is 13.0. The van der Waals surface area contributed by atoms with Gasteiger partial charge in [0.25, 0.3) is 11.7 Å². The van der Waals surface area contributed by atoms with E-state index in [4.69, 9.17) is 10.5 Å². The van der Waals surface area contributed by atoms with Crippen LogP contribution in [0.25, 0.3) is 10.2 Å². The van der Waals surface area contributed by atoms with Crippen LogP contribution in [0.4, 0.5) is 17.2 Å². The number of nitrogens with two attached hydrogens (primary N) is 1. The number of nitrogens with zero attached hydrogens (tertiary/aromatic N) is 1. The molecule has 0 unspecified atom stereocenters. The van der Waals surface area contributed by atoms with Gasteiger partial charge in [0.15, 0.2) is 4.83 Å². The van der Waals surface area contributed by atoms with Gasteiger partial charge in [0.1, 0.15) is 18.0 Å². The quantitative estimate of drug-likeness (QED) is 0.584. The van der Waals surface area contributed by atoms with Gasteiger partial charge in [0.2, 0.25) is 0 Å². The second-order valence-corrected chi connectivity index (χ2v) is 9.68. The topological polar surface area (TPSA) is 81.7 Å². The number of hydrogen-bond acceptors (Lipinski definition) is 5. The van der Waals surface area contributed by atoms with Crippen molar-refractivity contribution in [1.29, 1.82) is 0 Å². The Morgan fingerprint density at radius 1 is 1.13 bits per heavy atom. The average Bonchev–Trinajstić information content (AvgIpc) is 3.12. The Morgan fingerprint density at radius 3 is 2.57 bits per heavy atom. The van der Waals surface area contributed by atoms with Gasteiger partial charge in [-0.2, -0.15) is 0 Å². The Morgan fingerprint density at radius 2 is 1.83 bits per heavy atom. The highest BCUT2D eigenvalue weighted by atomic mass is 79.9. The number of hydrogen-bond donors (Lipinski definition) is 2. The zero-order valence-electron chi connectivity index (χ0n) is 16.6. The number of nitrogens with one attached hydrogen (secondary N) is 2. The third-order valence-corrected chi connectivity index (χ3v) is 7.52. The monoisotopic (exact) mass is 487 g/mol. The molecule has 1 saturated heterocycles. The van der Waals surface area contributed by atoms with Crippen LogP contribution in [0.1, 0.15) is 33.6 Å². The lowest BCUT2D eigenvalue weighted by molar-refractivity contribution is -0.328. The zero-order valence-corrected chi connectivity index (χ0v) is 19.0. The predicted octanol–water partition coefficient (Wildman–Crippen LogP) is 4.03. The fourth-order valence-electron chi connectivity index (χ4n) is 4.40. The van der Waals surface area contributed by atoms with E-state index in [-0.39, 0.29) is 5.91 Å². The highest BCUT2D eigenvalue weighted by molar-refractivity contribution is 9.10. The van der Waals surface area contributed by atoms with Crippen LogP contribution in [0.3, 0.4) is 0 Å². The lowest BCUT2D eigenvalue weighted by Gasteiger charge is -2.26. The lowest BCUT2D eigenvalue weighted by atomic mass is 9.89. The van der Waals surface area contributed by atoms with Crippen LogP contribution >= 0.6 is 27.3 Å². The van der Waals surface area contributed by atoms with E-state index in [0.717, 1.165) is 65.9 Å². The number of nitrogen functional groups attached to an aromatic ring is 1. The molecular weight excluding hydrogens is 464 g/mol. The number of ether oxygens (including phenoxy) is 1. The summed E-state index contributed by atoms with van der Waals surface area (Å²) in [6.45, 7) is 3.25. The number of anilines is 3. The standard InChI is InChI=1S/C22H23BrN4O2S/c23-13-5-7-14(8-6-13)25-21(28)19-18(24)17-15-3-1-2-4-16(15)20(26-22(17)30-19)27-9-11-29-12-10-27/h5-8H,1-4,9-12,24H2,(H,25,28)/p+1. The minimum absolute atomic E-state index is 0.165. The molecule has 1 amide bonds. The fraction of sp³-hybridized carbons (Fsp3) is 0.364. The molecule has 1 fully saturated rings. The Kier molecular flexibility index (Phi) is 5.39. The number of aromatic nitrogens is 1. The summed E-state index contributed by atoms with van der Waals surface area (Å²) in [4.78, 5) is 20.6. The number of carbonyl (C=O) groups excluding carboxylic acids is 1. The number of aryl methyl sites for hydroxylation is 1. The zero-order chi connectivity index (χ0) is 20.7. The minimum atomic E-state index is -0.165. The summed E-state index contributed by atoms with van der Waals surface area (Å²) in [6.07, 6.45) is 4.39. The number of thiophene rings is 1. The van der Waals surface area contributed by atoms with Crippen LogP contribution in [0, 0.1) is 0 Å². The average molecular weight is 488 g/mol. The summed E-state index contributed by atoms with van der Waals surface area (Å²) in [5.74, 6) is 1.02. The van der Waals surface area contributed by atoms with Crippen LogP contribution in [-0.2, 0) is 17.6 Å². The maximum Gasteiger partial charge on any atom is 0.279 e. The van der Waals surface area contributed by atoms with Crippen molar-refractivity contribution in [3.05, 3.63) is 44.7 Å². The Bertz CT molecular complexity index is 1110. The van der Waals surface area contributed by atoms with Gasteiger partial charge in [0, 0.05) is 15.7 Å². The molecule has 0 radical (unpaired) electrons. The molecule has 0 bridgehead atoms. The van der Waals surface area contributed by atoms with E-state index in [1.165, 1.54) is 34.7 Å². The summed E-state index contributed by atoms with van der Waals surface area (Å²) < 4.78 is 6.51. The van der Waals surface area contributed by atoms with Crippen molar-refractivity contribution in [3.8, 4) is 0 Å². The van der Waals surface area contributed by atoms with E-state index in [0.29, 0.717) is 10.6 Å². The molecule has 156 valence electrons. The van der Waals surface area contributed by atoms with Crippen molar-refractivity contribution in [2.75, 3.05) is 42.3 Å². The third kappa shape index (κ3) is 3.57. The normalized spacial score (nSPS) is 16.5. The molecular formula is C22H24BrN4O2S+. The molecule has 2 aliphatic rings. The van der Waals surface area contributed by atoms with Gasteiger partial charge >= 0.3 is 0 Å². The summed E-state index contributed by atoms with van der Waals surface area (Å²) in [7, 11) is 0. The molecule has 0 saturated carbocycles. The number of pyridine rings is 1. The van der Waals surface area contributed by atoms with Crippen LogP contribution in [-0.4, -0.2) is 32.2 Å². The first-order valence-electron chi connectivity index (χ1n) is 10.3. The van der Waals surface area contributed by atoms with E-state index >= 15 is 0 Å². The van der Waals surface area contributed by atoms with Crippen molar-refractivity contribution in [2.24, 2.45) is 0 Å². The van der Waals surface area contributed by atoms with Gasteiger partial charge < -0.3 is 15.8 Å². The number of H-pyrrole nitrogens is 1. The van der Waals surface area contributed by atoms with Crippen LogP contribution in [0.5, 0.6) is 0 Å². The lowest BCUT2D eigenvalue weighted by Crippen LogP contribution is -2.40. The van der Waals surface area contributed by atoms with Crippen LogP contribution in [0.2, 0.25) is 0 Å². The second kappa shape index (κ2) is 8.17. The minimum Gasteiger partial charge on any atom is -0.397 e. The number of fused-ring (bicyclic) bond motifs is 3. The summed E-state index contributed by atoms with van der Waals surface area (Å²) in [5, 5.41) is 4.01. The van der Waals surface area contributed by atoms with E-state index in [1.54, 1.807) is 0 Å². The smallest absolute Gasteiger partial charge is 0.279 e. The Hall–Kier alpha value is -2.16. The van der Waals surface area contributed by atoms with Crippen molar-refractivity contribution in [2.45, 2.75) is 25.7 Å². The molecule has 8 heteroatoms. The second-order valence-electron chi connectivity index (χ2n) is 7.75. The highest BCUT2D eigenvalue weighted by Crippen LogP contribution is 2.40. The first-order chi connectivity index (χ1) is 14.6. The molecule has 6 nitrogen and oxygen atoms in total. The largest absolute Gasteiger partial charge is 0.397 e. The van der Waals surface area contributed by atoms with Crippen LogP contribution in [0.15, 0.2) is 28.7 Å².